The topological polar surface area (TPSA) is 33.7 Å². The third kappa shape index (κ3) is 6.67. The Morgan fingerprint density at radius 2 is 1.55 bits per heavy atom. The largest absolute Gasteiger partial charge is 0.573 e. The van der Waals surface area contributed by atoms with Crippen LogP contribution in [-0.2, 0) is 0 Å². The van der Waals surface area contributed by atoms with Crippen LogP contribution in [0.25, 0.3) is 0 Å². The number of ether oxygens (including phenoxy) is 2. The Balaban J connectivity index is 0.00000210. The molecule has 0 spiro atoms. The summed E-state index contributed by atoms with van der Waals surface area (Å²) in [5.74, 6) is 0.570. The molecule has 4 nitrogen and oxygen atoms in total. The molecule has 9 heteroatoms. The second-order valence-corrected chi connectivity index (χ2v) is 6.53. The Hall–Kier alpha value is -1.67. The molecule has 29 heavy (non-hydrogen) atoms. The van der Waals surface area contributed by atoms with Gasteiger partial charge >= 0.3 is 6.36 Å². The molecule has 2 aromatic carbocycles. The van der Waals surface area contributed by atoms with Crippen molar-refractivity contribution in [3.05, 3.63) is 59.2 Å². The van der Waals surface area contributed by atoms with Gasteiger partial charge < -0.3 is 14.8 Å². The number of hydrogen-bond donors (Lipinski definition) is 1. The highest BCUT2D eigenvalue weighted by Gasteiger charge is 2.31. The van der Waals surface area contributed by atoms with E-state index in [2.05, 4.69) is 15.0 Å². The summed E-state index contributed by atoms with van der Waals surface area (Å²) in [6.45, 7) is 5.49. The molecular formula is C20H25Cl2F3N2O2. The van der Waals surface area contributed by atoms with Crippen molar-refractivity contribution in [3.8, 4) is 11.5 Å². The summed E-state index contributed by atoms with van der Waals surface area (Å²) < 4.78 is 46.6. The first kappa shape index (κ1) is 25.4. The third-order valence-electron chi connectivity index (χ3n) is 4.72. The van der Waals surface area contributed by atoms with Crippen molar-refractivity contribution in [1.29, 1.82) is 0 Å². The maximum Gasteiger partial charge on any atom is 0.573 e. The van der Waals surface area contributed by atoms with Crippen LogP contribution in [0.2, 0.25) is 0 Å². The molecule has 3 rings (SSSR count). The minimum atomic E-state index is -4.69. The van der Waals surface area contributed by atoms with Crippen LogP contribution in [-0.4, -0.2) is 44.6 Å². The van der Waals surface area contributed by atoms with Crippen LogP contribution in [0, 0.1) is 6.92 Å². The lowest BCUT2D eigenvalue weighted by Gasteiger charge is -2.36. The number of hydrogen-bond acceptors (Lipinski definition) is 4. The van der Waals surface area contributed by atoms with Gasteiger partial charge in [0.25, 0.3) is 0 Å². The van der Waals surface area contributed by atoms with Crippen LogP contribution in [0.1, 0.15) is 22.7 Å². The smallest absolute Gasteiger partial charge is 0.497 e. The summed E-state index contributed by atoms with van der Waals surface area (Å²) in [6.07, 6.45) is -4.69. The summed E-state index contributed by atoms with van der Waals surface area (Å²) in [4.78, 5) is 2.34. The van der Waals surface area contributed by atoms with Crippen LogP contribution < -0.4 is 14.8 Å². The average Bonchev–Trinajstić information content (AvgIpc) is 2.64. The van der Waals surface area contributed by atoms with E-state index in [1.54, 1.807) is 19.2 Å². The van der Waals surface area contributed by atoms with E-state index in [1.165, 1.54) is 12.1 Å². The lowest BCUT2D eigenvalue weighted by molar-refractivity contribution is -0.274. The molecule has 1 fully saturated rings. The maximum atomic E-state index is 12.4. The van der Waals surface area contributed by atoms with E-state index < -0.39 is 6.36 Å². The highest BCUT2D eigenvalue weighted by molar-refractivity contribution is 5.85. The molecule has 162 valence electrons. The Kier molecular flexibility index (Phi) is 9.55. The normalized spacial score (nSPS) is 15.6. The highest BCUT2D eigenvalue weighted by atomic mass is 35.5. The van der Waals surface area contributed by atoms with Crippen molar-refractivity contribution < 1.29 is 22.6 Å². The zero-order valence-corrected chi connectivity index (χ0v) is 17.8. The molecular weight excluding hydrogens is 428 g/mol. The van der Waals surface area contributed by atoms with Gasteiger partial charge in [0.1, 0.15) is 11.5 Å². The van der Waals surface area contributed by atoms with Crippen LogP contribution >= 0.6 is 24.8 Å². The lowest BCUT2D eigenvalue weighted by Crippen LogP contribution is -2.45. The minimum Gasteiger partial charge on any atom is -0.497 e. The van der Waals surface area contributed by atoms with E-state index in [-0.39, 0.29) is 36.6 Å². The number of nitrogens with zero attached hydrogens (tertiary/aromatic N) is 1. The summed E-state index contributed by atoms with van der Waals surface area (Å²) in [5.41, 5.74) is 3.12. The van der Waals surface area contributed by atoms with Gasteiger partial charge in [-0.3, -0.25) is 4.90 Å². The highest BCUT2D eigenvalue weighted by Crippen LogP contribution is 2.34. The average molecular weight is 453 g/mol. The van der Waals surface area contributed by atoms with Crippen molar-refractivity contribution >= 4 is 24.8 Å². The Labute approximate surface area is 181 Å². The minimum absolute atomic E-state index is 0. The summed E-state index contributed by atoms with van der Waals surface area (Å²) in [7, 11) is 1.63. The number of piperazine rings is 1. The summed E-state index contributed by atoms with van der Waals surface area (Å²) in [6, 6.07) is 12.0. The molecule has 0 saturated carbocycles. The molecule has 0 unspecified atom stereocenters. The second kappa shape index (κ2) is 10.9. The van der Waals surface area contributed by atoms with Crippen molar-refractivity contribution in [3.63, 3.8) is 0 Å². The van der Waals surface area contributed by atoms with Crippen molar-refractivity contribution in [2.75, 3.05) is 33.3 Å². The first-order valence-electron chi connectivity index (χ1n) is 8.82. The van der Waals surface area contributed by atoms with Gasteiger partial charge in [0, 0.05) is 26.2 Å². The Morgan fingerprint density at radius 3 is 2.07 bits per heavy atom. The number of benzene rings is 2. The van der Waals surface area contributed by atoms with Crippen molar-refractivity contribution in [2.24, 2.45) is 0 Å². The monoisotopic (exact) mass is 452 g/mol. The van der Waals surface area contributed by atoms with E-state index in [1.807, 2.05) is 25.1 Å². The number of nitrogens with one attached hydrogen (secondary N) is 1. The quantitative estimate of drug-likeness (QED) is 0.710. The van der Waals surface area contributed by atoms with Gasteiger partial charge in [0.15, 0.2) is 0 Å². The molecule has 1 heterocycles. The molecule has 1 N–H and O–H groups in total. The molecule has 0 radical (unpaired) electrons. The van der Waals surface area contributed by atoms with Gasteiger partial charge in [-0.2, -0.15) is 0 Å². The summed E-state index contributed by atoms with van der Waals surface area (Å²) in [5, 5.41) is 3.33. The van der Waals surface area contributed by atoms with Crippen LogP contribution in [0.3, 0.4) is 0 Å². The molecule has 1 saturated heterocycles. The molecule has 0 bridgehead atoms. The second-order valence-electron chi connectivity index (χ2n) is 6.53. The van der Waals surface area contributed by atoms with Gasteiger partial charge in [-0.1, -0.05) is 18.2 Å². The SMILES string of the molecule is COc1ccc([C@@H](c2ccc(OC(F)(F)F)cc2)N2CCNCC2)c(C)c1.Cl.Cl. The van der Waals surface area contributed by atoms with Gasteiger partial charge in [0.2, 0.25) is 0 Å². The first-order chi connectivity index (χ1) is 12.9. The fourth-order valence-corrected chi connectivity index (χ4v) is 3.46. The van der Waals surface area contributed by atoms with Gasteiger partial charge in [-0.25, -0.2) is 0 Å². The zero-order chi connectivity index (χ0) is 19.4. The standard InChI is InChI=1S/C20H23F3N2O2.2ClH/c1-14-13-17(26-2)7-8-18(14)19(25-11-9-24-10-12-25)15-3-5-16(6-4-15)27-20(21,22)23;;/h3-8,13,19,24H,9-12H2,1-2H3;2*1H/t19-;;/m1../s1. The number of alkyl halides is 3. The first-order valence-corrected chi connectivity index (χ1v) is 8.82. The number of methoxy groups -OCH3 is 1. The molecule has 0 amide bonds. The Bertz CT molecular complexity index is 767. The Morgan fingerprint density at radius 1 is 0.966 bits per heavy atom. The molecule has 2 aromatic rings. The number of rotatable bonds is 5. The predicted octanol–water partition coefficient (Wildman–Crippen LogP) is 4.74. The molecule has 1 aliphatic heterocycles. The fourth-order valence-electron chi connectivity index (χ4n) is 3.46. The van der Waals surface area contributed by atoms with E-state index in [0.717, 1.165) is 48.6 Å². The lowest BCUT2D eigenvalue weighted by atomic mass is 9.93. The van der Waals surface area contributed by atoms with E-state index in [0.29, 0.717) is 0 Å². The van der Waals surface area contributed by atoms with Gasteiger partial charge in [-0.05, 0) is 47.9 Å². The van der Waals surface area contributed by atoms with E-state index >= 15 is 0 Å². The van der Waals surface area contributed by atoms with E-state index in [9.17, 15) is 13.2 Å². The molecule has 1 aliphatic rings. The van der Waals surface area contributed by atoms with Gasteiger partial charge in [0.05, 0.1) is 13.2 Å². The number of aryl methyl sites for hydroxylation is 1. The number of halogens is 5. The zero-order valence-electron chi connectivity index (χ0n) is 16.2. The maximum absolute atomic E-state index is 12.4. The molecule has 0 aromatic heterocycles. The molecule has 0 aliphatic carbocycles. The van der Waals surface area contributed by atoms with Crippen LogP contribution in [0.15, 0.2) is 42.5 Å². The summed E-state index contributed by atoms with van der Waals surface area (Å²) >= 11 is 0. The van der Waals surface area contributed by atoms with Crippen molar-refractivity contribution in [1.82, 2.24) is 10.2 Å². The van der Waals surface area contributed by atoms with Crippen LogP contribution in [0.4, 0.5) is 13.2 Å². The fraction of sp³-hybridized carbons (Fsp3) is 0.400. The predicted molar refractivity (Wildman–Crippen MR) is 112 cm³/mol. The van der Waals surface area contributed by atoms with Gasteiger partial charge in [-0.15, -0.1) is 38.0 Å². The molecule has 1 atom stereocenters. The van der Waals surface area contributed by atoms with E-state index in [4.69, 9.17) is 4.74 Å². The van der Waals surface area contributed by atoms with Crippen molar-refractivity contribution in [2.45, 2.75) is 19.3 Å². The third-order valence-corrected chi connectivity index (χ3v) is 4.72. The van der Waals surface area contributed by atoms with Crippen LogP contribution in [0.5, 0.6) is 11.5 Å².